The van der Waals surface area contributed by atoms with E-state index >= 15 is 0 Å². The molecule has 0 aliphatic rings. The van der Waals surface area contributed by atoms with Crippen LogP contribution in [0.5, 0.6) is 5.75 Å². The molecule has 1 rings (SSSR count). The summed E-state index contributed by atoms with van der Waals surface area (Å²) in [6.07, 6.45) is 3.97. The van der Waals surface area contributed by atoms with E-state index in [4.69, 9.17) is 4.74 Å². The highest BCUT2D eigenvalue weighted by atomic mass is 19.1. The average molecular weight is 294 g/mol. The van der Waals surface area contributed by atoms with Gasteiger partial charge in [0.2, 0.25) is 0 Å². The molecule has 0 aliphatic heterocycles. The van der Waals surface area contributed by atoms with E-state index in [0.29, 0.717) is 17.9 Å². The molecule has 1 aromatic rings. The molecule has 0 heterocycles. The zero-order chi connectivity index (χ0) is 15.7. The van der Waals surface area contributed by atoms with Crippen LogP contribution in [0.3, 0.4) is 0 Å². The molecule has 0 bridgehead atoms. The number of rotatable bonds is 7. The third-order valence-corrected chi connectivity index (χ3v) is 3.04. The number of allylic oxidation sites excluding steroid dienone is 1. The van der Waals surface area contributed by atoms with Gasteiger partial charge in [-0.15, -0.1) is 0 Å². The SMILES string of the molecule is CC/C=C(\CC)CNC(=O)NCc1cc(F)cc(OC)c1. The van der Waals surface area contributed by atoms with E-state index < -0.39 is 0 Å². The summed E-state index contributed by atoms with van der Waals surface area (Å²) in [4.78, 5) is 11.7. The molecule has 2 amide bonds. The predicted octanol–water partition coefficient (Wildman–Crippen LogP) is 3.38. The molecule has 0 atom stereocenters. The molecule has 4 nitrogen and oxygen atoms in total. The second kappa shape index (κ2) is 9.00. The smallest absolute Gasteiger partial charge is 0.315 e. The van der Waals surface area contributed by atoms with Crippen molar-refractivity contribution in [2.24, 2.45) is 0 Å². The maximum absolute atomic E-state index is 13.3. The number of carbonyl (C=O) groups excluding carboxylic acids is 1. The Balaban J connectivity index is 2.46. The fraction of sp³-hybridized carbons (Fsp3) is 0.438. The molecule has 0 fully saturated rings. The van der Waals surface area contributed by atoms with E-state index in [1.807, 2.05) is 0 Å². The lowest BCUT2D eigenvalue weighted by Crippen LogP contribution is -2.36. The lowest BCUT2D eigenvalue weighted by molar-refractivity contribution is 0.241. The third-order valence-electron chi connectivity index (χ3n) is 3.04. The fourth-order valence-corrected chi connectivity index (χ4v) is 1.91. The van der Waals surface area contributed by atoms with Crippen molar-refractivity contribution in [3.05, 3.63) is 41.2 Å². The molecular formula is C16H23FN2O2. The Hall–Kier alpha value is -2.04. The first kappa shape index (κ1) is 17.0. The summed E-state index contributed by atoms with van der Waals surface area (Å²) in [6.45, 7) is 4.90. The van der Waals surface area contributed by atoms with Gasteiger partial charge in [0.05, 0.1) is 7.11 Å². The van der Waals surface area contributed by atoms with Crippen molar-refractivity contribution in [3.63, 3.8) is 0 Å². The number of benzene rings is 1. The molecule has 116 valence electrons. The lowest BCUT2D eigenvalue weighted by Gasteiger charge is -2.10. The summed E-state index contributed by atoms with van der Waals surface area (Å²) in [5.41, 5.74) is 1.85. The van der Waals surface area contributed by atoms with Crippen LogP contribution < -0.4 is 15.4 Å². The Kier molecular flexibility index (Phi) is 7.29. The number of carbonyl (C=O) groups is 1. The average Bonchev–Trinajstić information content (AvgIpc) is 2.48. The molecule has 2 N–H and O–H groups in total. The van der Waals surface area contributed by atoms with Gasteiger partial charge in [-0.3, -0.25) is 0 Å². The highest BCUT2D eigenvalue weighted by Crippen LogP contribution is 2.15. The first-order chi connectivity index (χ1) is 10.1. The van der Waals surface area contributed by atoms with Gasteiger partial charge in [-0.05, 0) is 30.5 Å². The van der Waals surface area contributed by atoms with Crippen LogP contribution in [-0.2, 0) is 6.54 Å². The number of nitrogens with one attached hydrogen (secondary N) is 2. The van der Waals surface area contributed by atoms with Crippen LogP contribution in [0, 0.1) is 5.82 Å². The highest BCUT2D eigenvalue weighted by molar-refractivity contribution is 5.74. The Morgan fingerprint density at radius 2 is 2.05 bits per heavy atom. The lowest BCUT2D eigenvalue weighted by atomic mass is 10.2. The van der Waals surface area contributed by atoms with Crippen LogP contribution in [0.4, 0.5) is 9.18 Å². The van der Waals surface area contributed by atoms with E-state index in [-0.39, 0.29) is 18.4 Å². The van der Waals surface area contributed by atoms with Crippen LogP contribution in [0.2, 0.25) is 0 Å². The van der Waals surface area contributed by atoms with Gasteiger partial charge < -0.3 is 15.4 Å². The molecule has 21 heavy (non-hydrogen) atoms. The van der Waals surface area contributed by atoms with E-state index in [2.05, 4.69) is 30.6 Å². The van der Waals surface area contributed by atoms with Crippen LogP contribution in [0.15, 0.2) is 29.8 Å². The maximum Gasteiger partial charge on any atom is 0.315 e. The Bertz CT molecular complexity index is 501. The molecular weight excluding hydrogens is 271 g/mol. The van der Waals surface area contributed by atoms with E-state index in [9.17, 15) is 9.18 Å². The van der Waals surface area contributed by atoms with Crippen molar-refractivity contribution in [3.8, 4) is 5.75 Å². The molecule has 0 saturated heterocycles. The van der Waals surface area contributed by atoms with Crippen molar-refractivity contribution < 1.29 is 13.9 Å². The molecule has 0 radical (unpaired) electrons. The first-order valence-electron chi connectivity index (χ1n) is 7.12. The van der Waals surface area contributed by atoms with Gasteiger partial charge >= 0.3 is 6.03 Å². The van der Waals surface area contributed by atoms with Gasteiger partial charge in [-0.25, -0.2) is 9.18 Å². The summed E-state index contributed by atoms with van der Waals surface area (Å²) >= 11 is 0. The fourth-order valence-electron chi connectivity index (χ4n) is 1.91. The number of halogens is 1. The summed E-state index contributed by atoms with van der Waals surface area (Å²) in [5.74, 6) is 0.0528. The summed E-state index contributed by atoms with van der Waals surface area (Å²) < 4.78 is 18.3. The van der Waals surface area contributed by atoms with E-state index in [1.165, 1.54) is 24.8 Å². The molecule has 0 unspecified atom stereocenters. The summed E-state index contributed by atoms with van der Waals surface area (Å²) in [6, 6.07) is 4.09. The predicted molar refractivity (Wildman–Crippen MR) is 81.9 cm³/mol. The molecule has 0 aromatic heterocycles. The topological polar surface area (TPSA) is 50.4 Å². The van der Waals surface area contributed by atoms with Crippen molar-refractivity contribution in [2.75, 3.05) is 13.7 Å². The minimum atomic E-state index is -0.384. The number of amides is 2. The Labute approximate surface area is 125 Å². The van der Waals surface area contributed by atoms with Gasteiger partial charge in [0, 0.05) is 19.2 Å². The molecule has 0 spiro atoms. The normalized spacial score (nSPS) is 11.1. The van der Waals surface area contributed by atoms with Gasteiger partial charge in [0.1, 0.15) is 11.6 Å². The minimum absolute atomic E-state index is 0.249. The van der Waals surface area contributed by atoms with Crippen molar-refractivity contribution >= 4 is 6.03 Å². The highest BCUT2D eigenvalue weighted by Gasteiger charge is 2.04. The van der Waals surface area contributed by atoms with Crippen LogP contribution in [0.1, 0.15) is 32.3 Å². The van der Waals surface area contributed by atoms with Gasteiger partial charge in [-0.2, -0.15) is 0 Å². The number of urea groups is 1. The molecule has 1 aromatic carbocycles. The van der Waals surface area contributed by atoms with Crippen LogP contribution in [-0.4, -0.2) is 19.7 Å². The van der Waals surface area contributed by atoms with Crippen molar-refractivity contribution in [2.45, 2.75) is 33.2 Å². The van der Waals surface area contributed by atoms with Gasteiger partial charge in [-0.1, -0.05) is 25.5 Å². The van der Waals surface area contributed by atoms with Crippen molar-refractivity contribution in [1.29, 1.82) is 0 Å². The van der Waals surface area contributed by atoms with Crippen LogP contribution >= 0.6 is 0 Å². The van der Waals surface area contributed by atoms with Gasteiger partial charge in [0.15, 0.2) is 0 Å². The number of hydrogen-bond donors (Lipinski definition) is 2. The van der Waals surface area contributed by atoms with Gasteiger partial charge in [0.25, 0.3) is 0 Å². The van der Waals surface area contributed by atoms with Crippen LogP contribution in [0.25, 0.3) is 0 Å². The van der Waals surface area contributed by atoms with E-state index in [0.717, 1.165) is 12.8 Å². The second-order valence-electron chi connectivity index (χ2n) is 4.66. The summed E-state index contributed by atoms with van der Waals surface area (Å²) in [5, 5.41) is 5.49. The number of methoxy groups -OCH3 is 1. The monoisotopic (exact) mass is 294 g/mol. The maximum atomic E-state index is 13.3. The number of hydrogen-bond acceptors (Lipinski definition) is 2. The largest absolute Gasteiger partial charge is 0.497 e. The molecule has 0 aliphatic carbocycles. The minimum Gasteiger partial charge on any atom is -0.497 e. The summed E-state index contributed by atoms with van der Waals surface area (Å²) in [7, 11) is 1.48. The standard InChI is InChI=1S/C16H23FN2O2/c1-4-6-12(5-2)10-18-16(20)19-11-13-7-14(17)9-15(8-13)21-3/h6-9H,4-5,10-11H2,1-3H3,(H2,18,19,20)/b12-6+. The Morgan fingerprint density at radius 1 is 1.29 bits per heavy atom. The zero-order valence-corrected chi connectivity index (χ0v) is 12.8. The Morgan fingerprint density at radius 3 is 2.67 bits per heavy atom. The third kappa shape index (κ3) is 6.29. The van der Waals surface area contributed by atoms with E-state index in [1.54, 1.807) is 6.07 Å². The van der Waals surface area contributed by atoms with Crippen molar-refractivity contribution in [1.82, 2.24) is 10.6 Å². The quantitative estimate of drug-likeness (QED) is 0.757. The second-order valence-corrected chi connectivity index (χ2v) is 4.66. The first-order valence-corrected chi connectivity index (χ1v) is 7.12. The number of ether oxygens (including phenoxy) is 1. The molecule has 5 heteroatoms. The zero-order valence-electron chi connectivity index (χ0n) is 12.8. The molecule has 0 saturated carbocycles.